The molecule has 0 aliphatic rings. The van der Waals surface area contributed by atoms with E-state index in [2.05, 4.69) is 5.92 Å². The Hall–Kier alpha value is -0.520. The number of terminal acetylenes is 1. The molecule has 0 spiro atoms. The molecule has 0 unspecified atom stereocenters. The molecule has 0 bridgehead atoms. The highest BCUT2D eigenvalue weighted by Crippen LogP contribution is 2.15. The molecule has 2 nitrogen and oxygen atoms in total. The normalized spacial score (nSPS) is 18.4. The Morgan fingerprint density at radius 1 is 1.25 bits per heavy atom. The van der Waals surface area contributed by atoms with Crippen molar-refractivity contribution in [2.45, 2.75) is 39.4 Å². The SMILES string of the molecule is C#C[C@H](O)[C@H](C)[C@H](O)CC(C)C. The Morgan fingerprint density at radius 3 is 2.08 bits per heavy atom. The minimum Gasteiger partial charge on any atom is -0.393 e. The van der Waals surface area contributed by atoms with Gasteiger partial charge in [0.25, 0.3) is 0 Å². The molecule has 0 heterocycles. The van der Waals surface area contributed by atoms with Gasteiger partial charge in [0.2, 0.25) is 0 Å². The Labute approximate surface area is 74.6 Å². The Bertz CT molecular complexity index is 158. The molecule has 0 aromatic heterocycles. The van der Waals surface area contributed by atoms with E-state index in [1.807, 2.05) is 13.8 Å². The third kappa shape index (κ3) is 3.75. The lowest BCUT2D eigenvalue weighted by Crippen LogP contribution is -2.29. The predicted molar refractivity (Wildman–Crippen MR) is 49.5 cm³/mol. The van der Waals surface area contributed by atoms with E-state index < -0.39 is 12.2 Å². The van der Waals surface area contributed by atoms with Crippen LogP contribution in [0.5, 0.6) is 0 Å². The third-order valence-electron chi connectivity index (χ3n) is 1.99. The van der Waals surface area contributed by atoms with Crippen LogP contribution in [0.15, 0.2) is 0 Å². The lowest BCUT2D eigenvalue weighted by molar-refractivity contribution is 0.0365. The standard InChI is InChI=1S/C10H18O2/c1-5-9(11)8(4)10(12)6-7(2)3/h1,7-12H,6H2,2-4H3/t8-,9-,10+/m0/s1. The fourth-order valence-corrected chi connectivity index (χ4v) is 1.06. The molecule has 3 atom stereocenters. The van der Waals surface area contributed by atoms with Crippen molar-refractivity contribution >= 4 is 0 Å². The molecule has 0 saturated carbocycles. The van der Waals surface area contributed by atoms with Crippen molar-refractivity contribution in [2.24, 2.45) is 11.8 Å². The van der Waals surface area contributed by atoms with Crippen molar-refractivity contribution in [3.8, 4) is 12.3 Å². The number of hydrogen-bond donors (Lipinski definition) is 2. The lowest BCUT2D eigenvalue weighted by atomic mass is 9.92. The summed E-state index contributed by atoms with van der Waals surface area (Å²) in [5, 5.41) is 18.7. The average molecular weight is 170 g/mol. The van der Waals surface area contributed by atoms with E-state index in [-0.39, 0.29) is 5.92 Å². The maximum Gasteiger partial charge on any atom is 0.119 e. The van der Waals surface area contributed by atoms with Crippen LogP contribution in [0.1, 0.15) is 27.2 Å². The van der Waals surface area contributed by atoms with Crippen molar-refractivity contribution in [3.63, 3.8) is 0 Å². The van der Waals surface area contributed by atoms with E-state index in [1.54, 1.807) is 6.92 Å². The minimum atomic E-state index is -0.834. The van der Waals surface area contributed by atoms with Gasteiger partial charge < -0.3 is 10.2 Å². The molecular formula is C10H18O2. The zero-order valence-electron chi connectivity index (χ0n) is 7.99. The summed E-state index contributed by atoms with van der Waals surface area (Å²) in [6.45, 7) is 5.81. The number of hydrogen-bond acceptors (Lipinski definition) is 2. The van der Waals surface area contributed by atoms with Crippen LogP contribution in [0.4, 0.5) is 0 Å². The summed E-state index contributed by atoms with van der Waals surface area (Å²) in [7, 11) is 0. The molecule has 2 heteroatoms. The summed E-state index contributed by atoms with van der Waals surface area (Å²) >= 11 is 0. The molecule has 70 valence electrons. The van der Waals surface area contributed by atoms with Gasteiger partial charge >= 0.3 is 0 Å². The molecule has 0 aromatic carbocycles. The maximum absolute atomic E-state index is 9.53. The van der Waals surface area contributed by atoms with Crippen molar-refractivity contribution in [1.82, 2.24) is 0 Å². The summed E-state index contributed by atoms with van der Waals surface area (Å²) in [4.78, 5) is 0. The zero-order chi connectivity index (χ0) is 9.72. The van der Waals surface area contributed by atoms with E-state index in [1.165, 1.54) is 0 Å². The highest BCUT2D eigenvalue weighted by atomic mass is 16.3. The van der Waals surface area contributed by atoms with Crippen LogP contribution in [0.3, 0.4) is 0 Å². The van der Waals surface area contributed by atoms with Crippen LogP contribution in [-0.4, -0.2) is 22.4 Å². The van der Waals surface area contributed by atoms with Crippen LogP contribution < -0.4 is 0 Å². The van der Waals surface area contributed by atoms with Gasteiger partial charge in [0.1, 0.15) is 6.10 Å². The molecule has 0 aliphatic carbocycles. The van der Waals surface area contributed by atoms with Gasteiger partial charge in [0, 0.05) is 5.92 Å². The first-order valence-corrected chi connectivity index (χ1v) is 4.31. The van der Waals surface area contributed by atoms with Gasteiger partial charge in [-0.1, -0.05) is 26.7 Å². The van der Waals surface area contributed by atoms with Crippen molar-refractivity contribution in [2.75, 3.05) is 0 Å². The molecule has 0 fully saturated rings. The van der Waals surface area contributed by atoms with E-state index in [0.29, 0.717) is 12.3 Å². The van der Waals surface area contributed by atoms with Crippen LogP contribution in [-0.2, 0) is 0 Å². The molecule has 0 aromatic rings. The van der Waals surface area contributed by atoms with Crippen LogP contribution in [0, 0.1) is 24.2 Å². The molecule has 2 N–H and O–H groups in total. The molecule has 0 radical (unpaired) electrons. The van der Waals surface area contributed by atoms with Gasteiger partial charge in [0.15, 0.2) is 0 Å². The van der Waals surface area contributed by atoms with Gasteiger partial charge in [-0.2, -0.15) is 0 Å². The fraction of sp³-hybridized carbons (Fsp3) is 0.800. The lowest BCUT2D eigenvalue weighted by Gasteiger charge is -2.21. The summed E-state index contributed by atoms with van der Waals surface area (Å²) in [5.74, 6) is 2.40. The van der Waals surface area contributed by atoms with E-state index >= 15 is 0 Å². The molecule has 0 amide bonds. The second-order valence-electron chi connectivity index (χ2n) is 3.67. The molecule has 0 rings (SSSR count). The first-order valence-electron chi connectivity index (χ1n) is 4.31. The zero-order valence-corrected chi connectivity index (χ0v) is 7.99. The first kappa shape index (κ1) is 11.5. The number of rotatable bonds is 4. The predicted octanol–water partition coefficient (Wildman–Crippen LogP) is 1.02. The summed E-state index contributed by atoms with van der Waals surface area (Å²) < 4.78 is 0. The molecular weight excluding hydrogens is 152 g/mol. The Balaban J connectivity index is 3.93. The van der Waals surface area contributed by atoms with Crippen LogP contribution in [0.25, 0.3) is 0 Å². The second-order valence-corrected chi connectivity index (χ2v) is 3.67. The monoisotopic (exact) mass is 170 g/mol. The smallest absolute Gasteiger partial charge is 0.119 e. The highest BCUT2D eigenvalue weighted by Gasteiger charge is 2.21. The Kier molecular flexibility index (Phi) is 4.96. The van der Waals surface area contributed by atoms with Gasteiger partial charge in [-0.05, 0) is 12.3 Å². The van der Waals surface area contributed by atoms with E-state index in [9.17, 15) is 10.2 Å². The topological polar surface area (TPSA) is 40.5 Å². The van der Waals surface area contributed by atoms with Gasteiger partial charge in [-0.15, -0.1) is 6.42 Å². The molecule has 12 heavy (non-hydrogen) atoms. The van der Waals surface area contributed by atoms with Crippen molar-refractivity contribution in [3.05, 3.63) is 0 Å². The largest absolute Gasteiger partial charge is 0.393 e. The second kappa shape index (κ2) is 5.18. The fourth-order valence-electron chi connectivity index (χ4n) is 1.06. The van der Waals surface area contributed by atoms with Crippen LogP contribution in [0.2, 0.25) is 0 Å². The first-order chi connectivity index (χ1) is 5.49. The quantitative estimate of drug-likeness (QED) is 0.618. The summed E-state index contributed by atoms with van der Waals surface area (Å²) in [6.07, 6.45) is 4.37. The average Bonchev–Trinajstić information content (AvgIpc) is 2.00. The third-order valence-corrected chi connectivity index (χ3v) is 1.99. The van der Waals surface area contributed by atoms with Crippen LogP contribution >= 0.6 is 0 Å². The van der Waals surface area contributed by atoms with E-state index in [0.717, 1.165) is 0 Å². The summed E-state index contributed by atoms with van der Waals surface area (Å²) in [6, 6.07) is 0. The highest BCUT2D eigenvalue weighted by molar-refractivity contribution is 4.97. The molecule has 0 aliphatic heterocycles. The number of aliphatic hydroxyl groups excluding tert-OH is 2. The Morgan fingerprint density at radius 2 is 1.75 bits per heavy atom. The van der Waals surface area contributed by atoms with Gasteiger partial charge in [0.05, 0.1) is 6.10 Å². The van der Waals surface area contributed by atoms with Gasteiger partial charge in [-0.3, -0.25) is 0 Å². The van der Waals surface area contributed by atoms with E-state index in [4.69, 9.17) is 6.42 Å². The minimum absolute atomic E-state index is 0.239. The maximum atomic E-state index is 9.53. The molecule has 0 saturated heterocycles. The van der Waals surface area contributed by atoms with Gasteiger partial charge in [-0.25, -0.2) is 0 Å². The van der Waals surface area contributed by atoms with Crippen molar-refractivity contribution in [1.29, 1.82) is 0 Å². The number of aliphatic hydroxyl groups is 2. The summed E-state index contributed by atoms with van der Waals surface area (Å²) in [5.41, 5.74) is 0. The van der Waals surface area contributed by atoms with Crippen molar-refractivity contribution < 1.29 is 10.2 Å².